The second kappa shape index (κ2) is 43.6. The number of ether oxygens (including phenoxy) is 1. The van der Waals surface area contributed by atoms with E-state index in [1.807, 2.05) is 72.9 Å². The van der Waals surface area contributed by atoms with Gasteiger partial charge in [0.2, 0.25) is 5.91 Å². The zero-order chi connectivity index (χ0) is 41.7. The Balaban J connectivity index is 4.75. The third-order valence-electron chi connectivity index (χ3n) is 9.57. The molecular weight excluding hydrogens is 707 g/mol. The number of nitrogens with one attached hydrogen (secondary N) is 1. The van der Waals surface area contributed by atoms with Gasteiger partial charge in [0.25, 0.3) is 0 Å². The monoisotopic (exact) mass is 790 g/mol. The van der Waals surface area contributed by atoms with Gasteiger partial charge in [-0.3, -0.25) is 9.59 Å². The average molecular weight is 790 g/mol. The predicted octanol–water partition coefficient (Wildman–Crippen LogP) is 13.2. The fourth-order valence-corrected chi connectivity index (χ4v) is 6.17. The highest BCUT2D eigenvalue weighted by atomic mass is 16.5. The van der Waals surface area contributed by atoms with Gasteiger partial charge in [-0.15, -0.1) is 0 Å². The van der Waals surface area contributed by atoms with Crippen LogP contribution in [0.1, 0.15) is 175 Å². The van der Waals surface area contributed by atoms with E-state index in [1.165, 1.54) is 44.9 Å². The summed E-state index contributed by atoms with van der Waals surface area (Å²) >= 11 is 0. The van der Waals surface area contributed by atoms with Crippen LogP contribution in [0.25, 0.3) is 0 Å². The summed E-state index contributed by atoms with van der Waals surface area (Å²) < 4.78 is 5.86. The Morgan fingerprint density at radius 3 is 1.44 bits per heavy atom. The molecule has 0 heterocycles. The van der Waals surface area contributed by atoms with E-state index in [9.17, 15) is 19.8 Å². The number of allylic oxidation sites excluding steroid dienone is 18. The molecule has 322 valence electrons. The maximum absolute atomic E-state index is 13.1. The molecule has 0 saturated heterocycles. The zero-order valence-electron chi connectivity index (χ0n) is 36.4. The van der Waals surface area contributed by atoms with E-state index < -0.39 is 18.2 Å². The third-order valence-corrected chi connectivity index (χ3v) is 9.57. The lowest BCUT2D eigenvalue weighted by Gasteiger charge is -2.24. The van der Waals surface area contributed by atoms with Gasteiger partial charge in [0.05, 0.1) is 25.2 Å². The highest BCUT2D eigenvalue weighted by Crippen LogP contribution is 2.16. The molecule has 0 aliphatic rings. The van der Waals surface area contributed by atoms with Gasteiger partial charge in [0.15, 0.2) is 0 Å². The largest absolute Gasteiger partial charge is 0.462 e. The highest BCUT2D eigenvalue weighted by molar-refractivity contribution is 5.77. The first-order valence-corrected chi connectivity index (χ1v) is 22.7. The Labute approximate surface area is 349 Å². The Morgan fingerprint density at radius 2 is 0.947 bits per heavy atom. The van der Waals surface area contributed by atoms with Crippen molar-refractivity contribution in [2.75, 3.05) is 6.61 Å². The van der Waals surface area contributed by atoms with Crippen LogP contribution in [0, 0.1) is 0 Å². The Kier molecular flexibility index (Phi) is 41.0. The van der Waals surface area contributed by atoms with E-state index in [0.717, 1.165) is 83.5 Å². The molecule has 3 unspecified atom stereocenters. The molecule has 0 rings (SSSR count). The number of unbranched alkanes of at least 4 members (excludes halogenated alkanes) is 15. The number of aliphatic hydroxyl groups excluding tert-OH is 2. The van der Waals surface area contributed by atoms with E-state index in [-0.39, 0.29) is 24.9 Å². The molecule has 0 aliphatic heterocycles. The summed E-state index contributed by atoms with van der Waals surface area (Å²) in [4.78, 5) is 26.0. The van der Waals surface area contributed by atoms with Crippen LogP contribution in [-0.2, 0) is 14.3 Å². The smallest absolute Gasteiger partial charge is 0.306 e. The standard InChI is InChI=1S/C51H83NO5/c1-4-7-10-13-16-19-22-23-24-25-26-27-29-32-35-38-41-44-51(56)57-47(42-39-36-33-30-28-20-17-14-11-8-5-2)45-50(55)52-48(46-53)49(54)43-40-37-34-31-21-18-15-12-9-6-3/h7-8,10-11,13-14,16-17,19-20,22-29,47-49,53-54H,4-6,9,12,15,18,21,30-46H2,1-3H3,(H,52,55)/b10-7-,11-8+,16-13+,17-14+,22-19+,24-23-,26-25+,28-20-,29-27+. The fourth-order valence-electron chi connectivity index (χ4n) is 6.17. The SMILES string of the molecule is CC\C=C/C=C/C=C/C=C\C=C\C=C\CCCCCC(=O)OC(CCCCC\C=C/C=C/C=C/CC)CC(=O)NC(CO)C(O)CCCCCCCCCCCC. The number of rotatable bonds is 38. The van der Waals surface area contributed by atoms with Crippen LogP contribution in [0.2, 0.25) is 0 Å². The van der Waals surface area contributed by atoms with Crippen LogP contribution in [0.5, 0.6) is 0 Å². The van der Waals surface area contributed by atoms with Crippen LogP contribution in [-0.4, -0.2) is 46.9 Å². The van der Waals surface area contributed by atoms with Crippen molar-refractivity contribution in [3.8, 4) is 0 Å². The molecule has 57 heavy (non-hydrogen) atoms. The molecule has 0 bridgehead atoms. The van der Waals surface area contributed by atoms with Crippen molar-refractivity contribution < 1.29 is 24.5 Å². The van der Waals surface area contributed by atoms with Gasteiger partial charge in [-0.1, -0.05) is 207 Å². The maximum Gasteiger partial charge on any atom is 0.306 e. The van der Waals surface area contributed by atoms with Gasteiger partial charge in [0, 0.05) is 6.42 Å². The van der Waals surface area contributed by atoms with Gasteiger partial charge >= 0.3 is 5.97 Å². The molecule has 6 heteroatoms. The normalized spacial score (nSPS) is 14.4. The Morgan fingerprint density at radius 1 is 0.526 bits per heavy atom. The van der Waals surface area contributed by atoms with Crippen LogP contribution in [0.4, 0.5) is 0 Å². The second-order valence-electron chi connectivity index (χ2n) is 14.9. The lowest BCUT2D eigenvalue weighted by atomic mass is 10.0. The van der Waals surface area contributed by atoms with Crippen LogP contribution < -0.4 is 5.32 Å². The average Bonchev–Trinajstić information content (AvgIpc) is 3.20. The van der Waals surface area contributed by atoms with Crippen LogP contribution in [0.15, 0.2) is 109 Å². The molecule has 0 aromatic heterocycles. The molecule has 0 saturated carbocycles. The van der Waals surface area contributed by atoms with Crippen molar-refractivity contribution in [3.63, 3.8) is 0 Å². The topological polar surface area (TPSA) is 95.9 Å². The molecule has 0 spiro atoms. The lowest BCUT2D eigenvalue weighted by molar-refractivity contribution is -0.151. The molecule has 3 atom stereocenters. The van der Waals surface area contributed by atoms with Gasteiger partial charge in [0.1, 0.15) is 6.10 Å². The first-order valence-electron chi connectivity index (χ1n) is 22.7. The molecular formula is C51H83NO5. The number of esters is 1. The Bertz CT molecular complexity index is 1200. The summed E-state index contributed by atoms with van der Waals surface area (Å²) in [5.74, 6) is -0.576. The number of hydrogen-bond acceptors (Lipinski definition) is 5. The number of hydrogen-bond donors (Lipinski definition) is 3. The molecule has 0 aromatic carbocycles. The molecule has 0 aliphatic carbocycles. The summed E-state index contributed by atoms with van der Waals surface area (Å²) in [7, 11) is 0. The van der Waals surface area contributed by atoms with E-state index in [1.54, 1.807) is 0 Å². The van der Waals surface area contributed by atoms with Crippen molar-refractivity contribution in [2.24, 2.45) is 0 Å². The molecule has 0 fully saturated rings. The first kappa shape index (κ1) is 53.5. The predicted molar refractivity (Wildman–Crippen MR) is 245 cm³/mol. The van der Waals surface area contributed by atoms with Crippen molar-refractivity contribution in [1.82, 2.24) is 5.32 Å². The summed E-state index contributed by atoms with van der Waals surface area (Å²) in [6.45, 7) is 6.14. The molecule has 0 aromatic rings. The minimum Gasteiger partial charge on any atom is -0.462 e. The minimum absolute atomic E-state index is 0.0284. The summed E-state index contributed by atoms with van der Waals surface area (Å²) in [6, 6.07) is -0.727. The quantitative estimate of drug-likeness (QED) is 0.0329. The van der Waals surface area contributed by atoms with E-state index >= 15 is 0 Å². The Hall–Kier alpha value is -3.48. The number of amides is 1. The lowest BCUT2D eigenvalue weighted by Crippen LogP contribution is -2.46. The summed E-state index contributed by atoms with van der Waals surface area (Å²) in [5.41, 5.74) is 0. The van der Waals surface area contributed by atoms with E-state index in [2.05, 4.69) is 62.5 Å². The van der Waals surface area contributed by atoms with Crippen molar-refractivity contribution in [1.29, 1.82) is 0 Å². The van der Waals surface area contributed by atoms with Gasteiger partial charge in [-0.2, -0.15) is 0 Å². The van der Waals surface area contributed by atoms with Crippen molar-refractivity contribution >= 4 is 11.9 Å². The number of aliphatic hydroxyl groups is 2. The van der Waals surface area contributed by atoms with E-state index in [4.69, 9.17) is 4.74 Å². The second-order valence-corrected chi connectivity index (χ2v) is 14.9. The molecule has 3 N–H and O–H groups in total. The van der Waals surface area contributed by atoms with Gasteiger partial charge in [-0.05, 0) is 64.2 Å². The fraction of sp³-hybridized carbons (Fsp3) is 0.608. The molecule has 0 radical (unpaired) electrons. The van der Waals surface area contributed by atoms with Gasteiger partial charge in [-0.25, -0.2) is 0 Å². The zero-order valence-corrected chi connectivity index (χ0v) is 36.4. The number of carbonyl (C=O) groups excluding carboxylic acids is 2. The van der Waals surface area contributed by atoms with Gasteiger partial charge < -0.3 is 20.3 Å². The van der Waals surface area contributed by atoms with Crippen LogP contribution >= 0.6 is 0 Å². The van der Waals surface area contributed by atoms with E-state index in [0.29, 0.717) is 19.3 Å². The maximum atomic E-state index is 13.1. The summed E-state index contributed by atoms with van der Waals surface area (Å²) in [5, 5.41) is 23.6. The highest BCUT2D eigenvalue weighted by Gasteiger charge is 2.24. The molecule has 6 nitrogen and oxygen atoms in total. The first-order chi connectivity index (χ1) is 28.0. The van der Waals surface area contributed by atoms with Crippen molar-refractivity contribution in [3.05, 3.63) is 109 Å². The van der Waals surface area contributed by atoms with Crippen LogP contribution in [0.3, 0.4) is 0 Å². The number of carbonyl (C=O) groups is 2. The summed E-state index contributed by atoms with van der Waals surface area (Å²) in [6.07, 6.45) is 58.6. The minimum atomic E-state index is -0.810. The molecule has 1 amide bonds. The third kappa shape index (κ3) is 39.1. The van der Waals surface area contributed by atoms with Crippen molar-refractivity contribution in [2.45, 2.75) is 193 Å².